The molecule has 2 unspecified atom stereocenters. The van der Waals surface area contributed by atoms with Crippen LogP contribution < -0.4 is 10.6 Å². The minimum Gasteiger partial charge on any atom is -0.374 e. The van der Waals surface area contributed by atoms with Gasteiger partial charge in [-0.15, -0.1) is 24.0 Å². The molecule has 1 aliphatic rings. The molecule has 26 heavy (non-hydrogen) atoms. The van der Waals surface area contributed by atoms with E-state index in [4.69, 9.17) is 4.74 Å². The molecule has 148 valence electrons. The molecule has 2 atom stereocenters. The summed E-state index contributed by atoms with van der Waals surface area (Å²) in [5.41, 5.74) is 1.22. The number of guanidine groups is 1. The van der Waals surface area contributed by atoms with Gasteiger partial charge in [-0.1, -0.05) is 30.3 Å². The summed E-state index contributed by atoms with van der Waals surface area (Å²) in [6.45, 7) is 4.64. The molecule has 0 amide bonds. The summed E-state index contributed by atoms with van der Waals surface area (Å²) in [6, 6.07) is 10.9. The van der Waals surface area contributed by atoms with E-state index in [2.05, 4.69) is 65.8 Å². The molecule has 6 heteroatoms. The van der Waals surface area contributed by atoms with Gasteiger partial charge in [0.15, 0.2) is 5.96 Å². The van der Waals surface area contributed by atoms with Gasteiger partial charge in [0.1, 0.15) is 0 Å². The Hall–Kier alpha value is -0.860. The fourth-order valence-electron chi connectivity index (χ4n) is 3.03. The SMILES string of the molecule is CN=C(NCCCOC(C)c1ccccc1)NCC(C1CC1)N(C)C.I. The van der Waals surface area contributed by atoms with Gasteiger partial charge in [-0.05, 0) is 51.8 Å². The fourth-order valence-corrected chi connectivity index (χ4v) is 3.03. The third-order valence-electron chi connectivity index (χ3n) is 4.78. The Balaban J connectivity index is 0.00000338. The van der Waals surface area contributed by atoms with Crippen molar-refractivity contribution in [2.24, 2.45) is 10.9 Å². The number of likely N-dealkylation sites (N-methyl/N-ethyl adjacent to an activating group) is 1. The topological polar surface area (TPSA) is 48.9 Å². The molecule has 0 aromatic heterocycles. The number of aliphatic imine (C=N–C) groups is 1. The van der Waals surface area contributed by atoms with Gasteiger partial charge in [-0.3, -0.25) is 4.99 Å². The first-order valence-corrected chi connectivity index (χ1v) is 9.39. The van der Waals surface area contributed by atoms with E-state index in [-0.39, 0.29) is 30.1 Å². The molecule has 1 fully saturated rings. The normalized spacial score (nSPS) is 16.7. The highest BCUT2D eigenvalue weighted by Gasteiger charge is 2.32. The van der Waals surface area contributed by atoms with Crippen LogP contribution in [0.25, 0.3) is 0 Å². The molecular weight excluding hydrogens is 439 g/mol. The van der Waals surface area contributed by atoms with Crippen LogP contribution in [0.2, 0.25) is 0 Å². The number of hydrogen-bond donors (Lipinski definition) is 2. The Morgan fingerprint density at radius 1 is 1.23 bits per heavy atom. The molecular formula is C20H35IN4O. The van der Waals surface area contributed by atoms with Gasteiger partial charge in [0.25, 0.3) is 0 Å². The van der Waals surface area contributed by atoms with Crippen LogP contribution in [0.1, 0.15) is 37.9 Å². The average molecular weight is 474 g/mol. The second-order valence-corrected chi connectivity index (χ2v) is 7.03. The van der Waals surface area contributed by atoms with Crippen molar-refractivity contribution in [2.75, 3.05) is 40.8 Å². The lowest BCUT2D eigenvalue weighted by Crippen LogP contribution is -2.46. The average Bonchev–Trinajstić information content (AvgIpc) is 3.45. The van der Waals surface area contributed by atoms with Crippen LogP contribution in [0.15, 0.2) is 35.3 Å². The molecule has 2 rings (SSSR count). The number of nitrogens with one attached hydrogen (secondary N) is 2. The molecule has 1 aromatic rings. The van der Waals surface area contributed by atoms with Gasteiger partial charge in [0, 0.05) is 32.8 Å². The molecule has 0 radical (unpaired) electrons. The van der Waals surface area contributed by atoms with Gasteiger partial charge in [0.2, 0.25) is 0 Å². The summed E-state index contributed by atoms with van der Waals surface area (Å²) in [7, 11) is 6.14. The van der Waals surface area contributed by atoms with Crippen LogP contribution in [-0.2, 0) is 4.74 Å². The maximum atomic E-state index is 5.91. The van der Waals surface area contributed by atoms with Gasteiger partial charge in [-0.2, -0.15) is 0 Å². The monoisotopic (exact) mass is 474 g/mol. The number of benzene rings is 1. The van der Waals surface area contributed by atoms with Crippen molar-refractivity contribution in [3.63, 3.8) is 0 Å². The van der Waals surface area contributed by atoms with Crippen molar-refractivity contribution >= 4 is 29.9 Å². The standard InChI is InChI=1S/C20H34N4O.HI/c1-16(17-9-6-5-7-10-17)25-14-8-13-22-20(21-2)23-15-19(24(3)4)18-11-12-18;/h5-7,9-10,16,18-19H,8,11-15H2,1-4H3,(H2,21,22,23);1H. The Bertz CT molecular complexity index is 518. The van der Waals surface area contributed by atoms with Crippen LogP contribution in [0.4, 0.5) is 0 Å². The molecule has 1 aromatic carbocycles. The number of ether oxygens (including phenoxy) is 1. The van der Waals surface area contributed by atoms with E-state index >= 15 is 0 Å². The number of rotatable bonds is 10. The van der Waals surface area contributed by atoms with E-state index in [1.807, 2.05) is 13.1 Å². The Labute approximate surface area is 176 Å². The maximum Gasteiger partial charge on any atom is 0.191 e. The number of hydrogen-bond acceptors (Lipinski definition) is 3. The Morgan fingerprint density at radius 3 is 2.50 bits per heavy atom. The van der Waals surface area contributed by atoms with Gasteiger partial charge in [-0.25, -0.2) is 0 Å². The largest absolute Gasteiger partial charge is 0.374 e. The minimum atomic E-state index is 0. The van der Waals surface area contributed by atoms with Crippen molar-refractivity contribution in [2.45, 2.75) is 38.3 Å². The van der Waals surface area contributed by atoms with E-state index < -0.39 is 0 Å². The molecule has 2 N–H and O–H groups in total. The summed E-state index contributed by atoms with van der Waals surface area (Å²) in [5, 5.41) is 6.83. The highest BCUT2D eigenvalue weighted by Crippen LogP contribution is 2.34. The van der Waals surface area contributed by atoms with E-state index in [9.17, 15) is 0 Å². The fraction of sp³-hybridized carbons (Fsp3) is 0.650. The molecule has 1 saturated carbocycles. The molecule has 0 saturated heterocycles. The van der Waals surface area contributed by atoms with Crippen LogP contribution in [0, 0.1) is 5.92 Å². The summed E-state index contributed by atoms with van der Waals surface area (Å²) in [5.74, 6) is 1.72. The first-order valence-electron chi connectivity index (χ1n) is 9.39. The second-order valence-electron chi connectivity index (χ2n) is 7.03. The summed E-state index contributed by atoms with van der Waals surface area (Å²) >= 11 is 0. The summed E-state index contributed by atoms with van der Waals surface area (Å²) in [6.07, 6.45) is 3.80. The van der Waals surface area contributed by atoms with Crippen molar-refractivity contribution in [1.29, 1.82) is 0 Å². The van der Waals surface area contributed by atoms with Crippen molar-refractivity contribution in [3.8, 4) is 0 Å². The van der Waals surface area contributed by atoms with Crippen molar-refractivity contribution in [3.05, 3.63) is 35.9 Å². The molecule has 0 bridgehead atoms. The Kier molecular flexibility index (Phi) is 11.2. The molecule has 0 heterocycles. The molecule has 0 aliphatic heterocycles. The first kappa shape index (κ1) is 23.2. The predicted molar refractivity (Wildman–Crippen MR) is 120 cm³/mol. The minimum absolute atomic E-state index is 0. The number of halogens is 1. The van der Waals surface area contributed by atoms with E-state index in [1.165, 1.54) is 18.4 Å². The van der Waals surface area contributed by atoms with E-state index in [1.54, 1.807) is 0 Å². The van der Waals surface area contributed by atoms with Crippen LogP contribution in [-0.4, -0.2) is 57.7 Å². The predicted octanol–water partition coefficient (Wildman–Crippen LogP) is 3.28. The van der Waals surface area contributed by atoms with Gasteiger partial charge >= 0.3 is 0 Å². The summed E-state index contributed by atoms with van der Waals surface area (Å²) in [4.78, 5) is 6.63. The van der Waals surface area contributed by atoms with Gasteiger partial charge < -0.3 is 20.3 Å². The van der Waals surface area contributed by atoms with Crippen LogP contribution >= 0.6 is 24.0 Å². The quantitative estimate of drug-likeness (QED) is 0.237. The lowest BCUT2D eigenvalue weighted by Gasteiger charge is -2.25. The zero-order valence-corrected chi connectivity index (χ0v) is 18.9. The van der Waals surface area contributed by atoms with Crippen LogP contribution in [0.5, 0.6) is 0 Å². The second kappa shape index (κ2) is 12.5. The third-order valence-corrected chi connectivity index (χ3v) is 4.78. The maximum absolute atomic E-state index is 5.91. The molecule has 0 spiro atoms. The lowest BCUT2D eigenvalue weighted by molar-refractivity contribution is 0.0646. The highest BCUT2D eigenvalue weighted by atomic mass is 127. The number of nitrogens with zero attached hydrogens (tertiary/aromatic N) is 2. The zero-order chi connectivity index (χ0) is 18.1. The molecule has 1 aliphatic carbocycles. The van der Waals surface area contributed by atoms with Crippen LogP contribution in [0.3, 0.4) is 0 Å². The first-order chi connectivity index (χ1) is 12.1. The van der Waals surface area contributed by atoms with Crippen molar-refractivity contribution < 1.29 is 4.74 Å². The van der Waals surface area contributed by atoms with Gasteiger partial charge in [0.05, 0.1) is 6.10 Å². The summed E-state index contributed by atoms with van der Waals surface area (Å²) < 4.78 is 5.91. The highest BCUT2D eigenvalue weighted by molar-refractivity contribution is 14.0. The van der Waals surface area contributed by atoms with E-state index in [0.29, 0.717) is 6.04 Å². The zero-order valence-electron chi connectivity index (χ0n) is 16.6. The lowest BCUT2D eigenvalue weighted by atomic mass is 10.1. The van der Waals surface area contributed by atoms with Crippen molar-refractivity contribution in [1.82, 2.24) is 15.5 Å². The van der Waals surface area contributed by atoms with E-state index in [0.717, 1.165) is 38.0 Å². The molecule has 5 nitrogen and oxygen atoms in total. The third kappa shape index (κ3) is 8.22. The Morgan fingerprint density at radius 2 is 1.92 bits per heavy atom. The smallest absolute Gasteiger partial charge is 0.191 e.